The maximum atomic E-state index is 12.4. The Balaban J connectivity index is 2.01. The molecule has 22 heavy (non-hydrogen) atoms. The van der Waals surface area contributed by atoms with E-state index in [2.05, 4.69) is 5.32 Å². The molecule has 7 heteroatoms. The highest BCUT2D eigenvalue weighted by molar-refractivity contribution is 6.42. The van der Waals surface area contributed by atoms with Crippen LogP contribution in [0.3, 0.4) is 0 Å². The molecule has 5 nitrogen and oxygen atoms in total. The Morgan fingerprint density at radius 1 is 1.45 bits per heavy atom. The minimum Gasteiger partial charge on any atom is -0.395 e. The zero-order valence-corrected chi connectivity index (χ0v) is 13.9. The number of hydrogen-bond acceptors (Lipinski definition) is 3. The highest BCUT2D eigenvalue weighted by Crippen LogP contribution is 2.23. The lowest BCUT2D eigenvalue weighted by molar-refractivity contribution is 0.111. The van der Waals surface area contributed by atoms with Gasteiger partial charge in [0, 0.05) is 19.7 Å². The van der Waals surface area contributed by atoms with E-state index in [0.717, 1.165) is 12.0 Å². The van der Waals surface area contributed by atoms with E-state index in [9.17, 15) is 9.90 Å². The van der Waals surface area contributed by atoms with E-state index in [4.69, 9.17) is 27.9 Å². The molecule has 2 amide bonds. The van der Waals surface area contributed by atoms with Crippen LogP contribution in [0.4, 0.5) is 4.79 Å². The molecule has 1 aliphatic heterocycles. The Bertz CT molecular complexity index is 528. The van der Waals surface area contributed by atoms with Gasteiger partial charge in [-0.1, -0.05) is 29.3 Å². The second-order valence-corrected chi connectivity index (χ2v) is 6.13. The molecule has 122 valence electrons. The highest BCUT2D eigenvalue weighted by Gasteiger charge is 2.27. The number of amides is 2. The Kier molecular flexibility index (Phi) is 6.32. The van der Waals surface area contributed by atoms with Crippen LogP contribution in [-0.4, -0.2) is 47.9 Å². The van der Waals surface area contributed by atoms with Crippen LogP contribution in [0.25, 0.3) is 0 Å². The summed E-state index contributed by atoms with van der Waals surface area (Å²) < 4.78 is 5.44. The average Bonchev–Trinajstić information content (AvgIpc) is 2.87. The molecule has 1 fully saturated rings. The Morgan fingerprint density at radius 3 is 2.82 bits per heavy atom. The summed E-state index contributed by atoms with van der Waals surface area (Å²) in [5.74, 6) is 0. The first-order chi connectivity index (χ1) is 10.5. The SMILES string of the molecule is CC1OCCC1NC(=O)N(CCO)Cc1ccc(Cl)c(Cl)c1. The molecule has 0 saturated carbocycles. The van der Waals surface area contributed by atoms with Crippen molar-refractivity contribution in [3.63, 3.8) is 0 Å². The number of ether oxygens (including phenoxy) is 1. The van der Waals surface area contributed by atoms with Crippen molar-refractivity contribution in [2.75, 3.05) is 19.8 Å². The van der Waals surface area contributed by atoms with Crippen LogP contribution in [0.1, 0.15) is 18.9 Å². The molecule has 0 aliphatic carbocycles. The predicted molar refractivity (Wildman–Crippen MR) is 86.3 cm³/mol. The topological polar surface area (TPSA) is 61.8 Å². The molecule has 1 aliphatic rings. The van der Waals surface area contributed by atoms with Crippen molar-refractivity contribution in [2.45, 2.75) is 32.0 Å². The number of nitrogens with zero attached hydrogens (tertiary/aromatic N) is 1. The third-order valence-electron chi connectivity index (χ3n) is 3.70. The molecule has 0 spiro atoms. The lowest BCUT2D eigenvalue weighted by Crippen LogP contribution is -2.47. The zero-order valence-electron chi connectivity index (χ0n) is 12.4. The molecule has 0 radical (unpaired) electrons. The molecule has 1 aromatic rings. The second kappa shape index (κ2) is 8.02. The number of hydrogen-bond donors (Lipinski definition) is 2. The first-order valence-electron chi connectivity index (χ1n) is 7.23. The quantitative estimate of drug-likeness (QED) is 0.861. The van der Waals surface area contributed by atoms with Gasteiger partial charge in [0.25, 0.3) is 0 Å². The van der Waals surface area contributed by atoms with E-state index >= 15 is 0 Å². The summed E-state index contributed by atoms with van der Waals surface area (Å²) >= 11 is 11.9. The summed E-state index contributed by atoms with van der Waals surface area (Å²) in [5.41, 5.74) is 0.855. The summed E-state index contributed by atoms with van der Waals surface area (Å²) in [5, 5.41) is 13.1. The Morgan fingerprint density at radius 2 is 2.23 bits per heavy atom. The fourth-order valence-corrected chi connectivity index (χ4v) is 2.72. The maximum Gasteiger partial charge on any atom is 0.318 e. The van der Waals surface area contributed by atoms with Gasteiger partial charge in [-0.15, -0.1) is 0 Å². The van der Waals surface area contributed by atoms with Crippen LogP contribution >= 0.6 is 23.2 Å². The highest BCUT2D eigenvalue weighted by atomic mass is 35.5. The van der Waals surface area contributed by atoms with Crippen LogP contribution in [0, 0.1) is 0 Å². The number of aliphatic hydroxyl groups is 1. The van der Waals surface area contributed by atoms with Crippen molar-refractivity contribution in [3.05, 3.63) is 33.8 Å². The minimum absolute atomic E-state index is 0.00231. The van der Waals surface area contributed by atoms with Gasteiger partial charge in [-0.25, -0.2) is 4.79 Å². The predicted octanol–water partition coefficient (Wildman–Crippen LogP) is 2.67. The Hall–Kier alpha value is -1.01. The van der Waals surface area contributed by atoms with Crippen LogP contribution < -0.4 is 5.32 Å². The van der Waals surface area contributed by atoms with Gasteiger partial charge in [-0.2, -0.15) is 0 Å². The number of halogens is 2. The molecule has 0 bridgehead atoms. The third kappa shape index (κ3) is 4.49. The number of benzene rings is 1. The standard InChI is InChI=1S/C15H20Cl2N2O3/c1-10-14(4-7-22-10)18-15(21)19(5-6-20)9-11-2-3-12(16)13(17)8-11/h2-3,8,10,14,20H,4-7,9H2,1H3,(H,18,21). The monoisotopic (exact) mass is 346 g/mol. The molecule has 2 rings (SSSR count). The van der Waals surface area contributed by atoms with E-state index < -0.39 is 0 Å². The van der Waals surface area contributed by atoms with Crippen molar-refractivity contribution in [1.82, 2.24) is 10.2 Å². The fourth-order valence-electron chi connectivity index (χ4n) is 2.40. The van der Waals surface area contributed by atoms with Gasteiger partial charge in [0.2, 0.25) is 0 Å². The number of carbonyl (C=O) groups excluding carboxylic acids is 1. The van der Waals surface area contributed by atoms with Crippen LogP contribution in [-0.2, 0) is 11.3 Å². The van der Waals surface area contributed by atoms with Gasteiger partial charge in [-0.3, -0.25) is 0 Å². The lowest BCUT2D eigenvalue weighted by atomic mass is 10.1. The third-order valence-corrected chi connectivity index (χ3v) is 4.44. The van der Waals surface area contributed by atoms with Gasteiger partial charge >= 0.3 is 6.03 Å². The molecule has 2 unspecified atom stereocenters. The van der Waals surface area contributed by atoms with Crippen molar-refractivity contribution in [3.8, 4) is 0 Å². The van der Waals surface area contributed by atoms with E-state index in [-0.39, 0.29) is 31.3 Å². The van der Waals surface area contributed by atoms with E-state index in [1.165, 1.54) is 0 Å². The van der Waals surface area contributed by atoms with Crippen LogP contribution in [0.2, 0.25) is 10.0 Å². The number of carbonyl (C=O) groups is 1. The molecule has 0 aromatic heterocycles. The fraction of sp³-hybridized carbons (Fsp3) is 0.533. The van der Waals surface area contributed by atoms with Crippen LogP contribution in [0.15, 0.2) is 18.2 Å². The number of rotatable bonds is 5. The second-order valence-electron chi connectivity index (χ2n) is 5.31. The normalized spacial score (nSPS) is 20.9. The van der Waals surface area contributed by atoms with Crippen molar-refractivity contribution < 1.29 is 14.6 Å². The summed E-state index contributed by atoms with van der Waals surface area (Å²) in [7, 11) is 0. The molecule has 1 saturated heterocycles. The van der Waals surface area contributed by atoms with Crippen molar-refractivity contribution >= 4 is 29.2 Å². The summed E-state index contributed by atoms with van der Waals surface area (Å²) in [6.45, 7) is 3.08. The van der Waals surface area contributed by atoms with Crippen molar-refractivity contribution in [1.29, 1.82) is 0 Å². The zero-order chi connectivity index (χ0) is 16.1. The van der Waals surface area contributed by atoms with Gasteiger partial charge in [0.15, 0.2) is 0 Å². The molecular weight excluding hydrogens is 327 g/mol. The average molecular weight is 347 g/mol. The molecule has 2 atom stereocenters. The Labute approximate surface area is 140 Å². The van der Waals surface area contributed by atoms with Crippen molar-refractivity contribution in [2.24, 2.45) is 0 Å². The van der Waals surface area contributed by atoms with Gasteiger partial charge < -0.3 is 20.1 Å². The number of urea groups is 1. The number of nitrogens with one attached hydrogen (secondary N) is 1. The van der Waals surface area contributed by atoms with E-state index in [1.807, 2.05) is 13.0 Å². The summed E-state index contributed by atoms with van der Waals surface area (Å²) in [6, 6.07) is 5.02. The van der Waals surface area contributed by atoms with Gasteiger partial charge in [0.05, 0.1) is 28.8 Å². The summed E-state index contributed by atoms with van der Waals surface area (Å²) in [4.78, 5) is 13.9. The summed E-state index contributed by atoms with van der Waals surface area (Å²) in [6.07, 6.45) is 0.803. The first kappa shape index (κ1) is 17.3. The largest absolute Gasteiger partial charge is 0.395 e. The maximum absolute atomic E-state index is 12.4. The molecule has 2 N–H and O–H groups in total. The molecular formula is C15H20Cl2N2O3. The van der Waals surface area contributed by atoms with E-state index in [1.54, 1.807) is 17.0 Å². The molecule has 1 heterocycles. The van der Waals surface area contributed by atoms with E-state index in [0.29, 0.717) is 23.2 Å². The smallest absolute Gasteiger partial charge is 0.318 e. The first-order valence-corrected chi connectivity index (χ1v) is 7.98. The lowest BCUT2D eigenvalue weighted by Gasteiger charge is -2.25. The van der Waals surface area contributed by atoms with Gasteiger partial charge in [0.1, 0.15) is 0 Å². The minimum atomic E-state index is -0.220. The molecule has 1 aromatic carbocycles. The number of aliphatic hydroxyl groups excluding tert-OH is 1. The van der Waals surface area contributed by atoms with Crippen LogP contribution in [0.5, 0.6) is 0 Å². The van der Waals surface area contributed by atoms with Gasteiger partial charge in [-0.05, 0) is 31.0 Å².